The van der Waals surface area contributed by atoms with Gasteiger partial charge in [-0.25, -0.2) is 0 Å². The summed E-state index contributed by atoms with van der Waals surface area (Å²) in [6.07, 6.45) is 4.02. The Labute approximate surface area is 130 Å². The molecule has 114 valence electrons. The zero-order valence-corrected chi connectivity index (χ0v) is 12.5. The van der Waals surface area contributed by atoms with Gasteiger partial charge in [-0.15, -0.1) is 0 Å². The van der Waals surface area contributed by atoms with Crippen molar-refractivity contribution in [2.45, 2.75) is 31.5 Å². The predicted molar refractivity (Wildman–Crippen MR) is 85.0 cm³/mol. The first-order valence-electron chi connectivity index (χ1n) is 7.75. The van der Waals surface area contributed by atoms with Crippen molar-refractivity contribution >= 4 is 6.29 Å². The minimum absolute atomic E-state index is 0.143. The average molecular weight is 296 g/mol. The van der Waals surface area contributed by atoms with Crippen LogP contribution in [0.15, 0.2) is 54.6 Å². The Morgan fingerprint density at radius 2 is 1.73 bits per heavy atom. The molecule has 2 aromatic rings. The van der Waals surface area contributed by atoms with Gasteiger partial charge in [0.15, 0.2) is 6.29 Å². The Balaban J connectivity index is 1.71. The molecule has 22 heavy (non-hydrogen) atoms. The van der Waals surface area contributed by atoms with E-state index in [0.717, 1.165) is 49.0 Å². The monoisotopic (exact) mass is 296 g/mol. The summed E-state index contributed by atoms with van der Waals surface area (Å²) in [4.78, 5) is 11.5. The van der Waals surface area contributed by atoms with Gasteiger partial charge in [0.2, 0.25) is 0 Å². The minimum atomic E-state index is -0.235. The molecule has 0 aromatic heterocycles. The highest BCUT2D eigenvalue weighted by Gasteiger charge is 2.16. The van der Waals surface area contributed by atoms with Gasteiger partial charge in [0.05, 0.1) is 12.5 Å². The molecular weight excluding hydrogens is 276 g/mol. The van der Waals surface area contributed by atoms with E-state index >= 15 is 0 Å². The van der Waals surface area contributed by atoms with Gasteiger partial charge in [-0.05, 0) is 36.1 Å². The average Bonchev–Trinajstić information content (AvgIpc) is 2.59. The highest BCUT2D eigenvalue weighted by atomic mass is 16.7. The third-order valence-electron chi connectivity index (χ3n) is 3.94. The molecule has 0 radical (unpaired) electrons. The number of aldehydes is 1. The van der Waals surface area contributed by atoms with Crippen LogP contribution in [0.5, 0.6) is 5.75 Å². The van der Waals surface area contributed by atoms with Crippen LogP contribution in [0.3, 0.4) is 0 Å². The third-order valence-corrected chi connectivity index (χ3v) is 3.94. The SMILES string of the molecule is O=CC(c1ccccc1)c1ccc(OC2CCCCO2)cc1. The zero-order valence-electron chi connectivity index (χ0n) is 12.5. The number of hydrogen-bond donors (Lipinski definition) is 0. The van der Waals surface area contributed by atoms with E-state index in [1.165, 1.54) is 0 Å². The van der Waals surface area contributed by atoms with Crippen LogP contribution < -0.4 is 4.74 Å². The molecule has 1 saturated heterocycles. The van der Waals surface area contributed by atoms with E-state index < -0.39 is 0 Å². The molecule has 1 aliphatic rings. The normalized spacial score (nSPS) is 19.4. The Kier molecular flexibility index (Phi) is 4.86. The molecule has 3 nitrogen and oxygen atoms in total. The standard InChI is InChI=1S/C19H20O3/c20-14-18(15-6-2-1-3-7-15)16-9-11-17(12-10-16)22-19-8-4-5-13-21-19/h1-3,6-7,9-12,14,18-19H,4-5,8,13H2. The predicted octanol–water partition coefficient (Wildman–Crippen LogP) is 3.92. The summed E-state index contributed by atoms with van der Waals surface area (Å²) in [5.74, 6) is 0.551. The van der Waals surface area contributed by atoms with Gasteiger partial charge >= 0.3 is 0 Å². The van der Waals surface area contributed by atoms with Crippen molar-refractivity contribution in [3.8, 4) is 5.75 Å². The molecule has 0 amide bonds. The number of ether oxygens (including phenoxy) is 2. The van der Waals surface area contributed by atoms with Crippen molar-refractivity contribution in [2.24, 2.45) is 0 Å². The number of carbonyl (C=O) groups is 1. The topological polar surface area (TPSA) is 35.5 Å². The molecule has 2 aromatic carbocycles. The molecule has 1 heterocycles. The molecular formula is C19H20O3. The first kappa shape index (κ1) is 14.8. The highest BCUT2D eigenvalue weighted by molar-refractivity contribution is 5.68. The van der Waals surface area contributed by atoms with E-state index in [4.69, 9.17) is 9.47 Å². The zero-order chi connectivity index (χ0) is 15.2. The van der Waals surface area contributed by atoms with Crippen molar-refractivity contribution in [3.05, 3.63) is 65.7 Å². The largest absolute Gasteiger partial charge is 0.465 e. The molecule has 0 saturated carbocycles. The molecule has 2 unspecified atom stereocenters. The van der Waals surface area contributed by atoms with Crippen molar-refractivity contribution in [2.75, 3.05) is 6.61 Å². The second-order valence-corrected chi connectivity index (χ2v) is 5.51. The second-order valence-electron chi connectivity index (χ2n) is 5.51. The molecule has 3 rings (SSSR count). The minimum Gasteiger partial charge on any atom is -0.465 e. The smallest absolute Gasteiger partial charge is 0.199 e. The lowest BCUT2D eigenvalue weighted by atomic mass is 9.93. The lowest BCUT2D eigenvalue weighted by Gasteiger charge is -2.23. The fraction of sp³-hybridized carbons (Fsp3) is 0.316. The van der Waals surface area contributed by atoms with Gasteiger partial charge in [0.25, 0.3) is 0 Å². The van der Waals surface area contributed by atoms with Gasteiger partial charge in [-0.3, -0.25) is 0 Å². The number of hydrogen-bond acceptors (Lipinski definition) is 3. The van der Waals surface area contributed by atoms with Crippen LogP contribution in [-0.2, 0) is 9.53 Å². The first-order valence-corrected chi connectivity index (χ1v) is 7.75. The molecule has 3 heteroatoms. The summed E-state index contributed by atoms with van der Waals surface area (Å²) in [5, 5.41) is 0. The van der Waals surface area contributed by atoms with E-state index in [1.54, 1.807) is 0 Å². The molecule has 0 spiro atoms. The Bertz CT molecular complexity index is 586. The van der Waals surface area contributed by atoms with E-state index in [2.05, 4.69) is 0 Å². The summed E-state index contributed by atoms with van der Waals surface area (Å²) < 4.78 is 11.4. The van der Waals surface area contributed by atoms with E-state index in [1.807, 2.05) is 54.6 Å². The molecule has 0 N–H and O–H groups in total. The third kappa shape index (κ3) is 3.55. The second kappa shape index (κ2) is 7.23. The van der Waals surface area contributed by atoms with Crippen LogP contribution in [-0.4, -0.2) is 19.2 Å². The van der Waals surface area contributed by atoms with Crippen molar-refractivity contribution in [1.29, 1.82) is 0 Å². The van der Waals surface area contributed by atoms with Gasteiger partial charge in [0.1, 0.15) is 12.0 Å². The highest BCUT2D eigenvalue weighted by Crippen LogP contribution is 2.26. The van der Waals surface area contributed by atoms with Crippen LogP contribution in [0.2, 0.25) is 0 Å². The molecule has 2 atom stereocenters. The first-order chi connectivity index (χ1) is 10.9. The summed E-state index contributed by atoms with van der Waals surface area (Å²) in [6, 6.07) is 17.5. The maximum Gasteiger partial charge on any atom is 0.199 e. The summed E-state index contributed by atoms with van der Waals surface area (Å²) in [7, 11) is 0. The van der Waals surface area contributed by atoms with E-state index in [9.17, 15) is 4.79 Å². The van der Waals surface area contributed by atoms with Crippen LogP contribution in [0.1, 0.15) is 36.3 Å². The van der Waals surface area contributed by atoms with Crippen LogP contribution in [0, 0.1) is 0 Å². The van der Waals surface area contributed by atoms with Gasteiger partial charge in [-0.2, -0.15) is 0 Å². The maximum absolute atomic E-state index is 11.5. The Morgan fingerprint density at radius 1 is 1.00 bits per heavy atom. The van der Waals surface area contributed by atoms with Crippen molar-refractivity contribution < 1.29 is 14.3 Å². The number of carbonyl (C=O) groups excluding carboxylic acids is 1. The summed E-state index contributed by atoms with van der Waals surface area (Å²) in [5.41, 5.74) is 1.97. The lowest BCUT2D eigenvalue weighted by Crippen LogP contribution is -2.24. The maximum atomic E-state index is 11.5. The van der Waals surface area contributed by atoms with Crippen molar-refractivity contribution in [1.82, 2.24) is 0 Å². The number of benzene rings is 2. The molecule has 1 aliphatic heterocycles. The van der Waals surface area contributed by atoms with Gasteiger partial charge < -0.3 is 14.3 Å². The van der Waals surface area contributed by atoms with Crippen LogP contribution >= 0.6 is 0 Å². The Morgan fingerprint density at radius 3 is 2.36 bits per heavy atom. The van der Waals surface area contributed by atoms with E-state index in [0.29, 0.717) is 0 Å². The lowest BCUT2D eigenvalue weighted by molar-refractivity contribution is -0.108. The molecule has 0 aliphatic carbocycles. The summed E-state index contributed by atoms with van der Waals surface area (Å²) in [6.45, 7) is 0.768. The molecule has 1 fully saturated rings. The molecule has 0 bridgehead atoms. The van der Waals surface area contributed by atoms with E-state index in [-0.39, 0.29) is 12.2 Å². The fourth-order valence-electron chi connectivity index (χ4n) is 2.72. The Hall–Kier alpha value is -2.13. The van der Waals surface area contributed by atoms with Gasteiger partial charge in [0, 0.05) is 6.42 Å². The van der Waals surface area contributed by atoms with Crippen molar-refractivity contribution in [3.63, 3.8) is 0 Å². The fourth-order valence-corrected chi connectivity index (χ4v) is 2.72. The van der Waals surface area contributed by atoms with Crippen LogP contribution in [0.4, 0.5) is 0 Å². The summed E-state index contributed by atoms with van der Waals surface area (Å²) >= 11 is 0. The quantitative estimate of drug-likeness (QED) is 0.784. The number of rotatable bonds is 5. The van der Waals surface area contributed by atoms with Crippen LogP contribution in [0.25, 0.3) is 0 Å². The van der Waals surface area contributed by atoms with Gasteiger partial charge in [-0.1, -0.05) is 42.5 Å².